The Labute approximate surface area is 87.7 Å². The molecule has 0 aliphatic heterocycles. The van der Waals surface area contributed by atoms with Gasteiger partial charge in [-0.2, -0.15) is 5.26 Å². The van der Waals surface area contributed by atoms with Crippen LogP contribution in [0.25, 0.3) is 0 Å². The van der Waals surface area contributed by atoms with Gasteiger partial charge in [0.25, 0.3) is 0 Å². The third kappa shape index (κ3) is 2.26. The number of benzene rings is 1. The Balaban J connectivity index is 3.35. The molecular formula is C11H11NO3. The van der Waals surface area contributed by atoms with E-state index in [1.54, 1.807) is 6.92 Å². The number of phenolic OH excluding ortho intramolecular Hbond substituents is 1. The van der Waals surface area contributed by atoms with E-state index >= 15 is 0 Å². The lowest BCUT2D eigenvalue weighted by Gasteiger charge is -2.08. The Morgan fingerprint density at radius 2 is 2.27 bits per heavy atom. The van der Waals surface area contributed by atoms with Crippen LogP contribution in [0, 0.1) is 11.3 Å². The molecule has 0 amide bonds. The second-order valence-electron chi connectivity index (χ2n) is 2.97. The molecule has 15 heavy (non-hydrogen) atoms. The molecule has 4 heteroatoms. The first-order valence-electron chi connectivity index (χ1n) is 4.51. The van der Waals surface area contributed by atoms with Crippen molar-refractivity contribution >= 4 is 5.78 Å². The van der Waals surface area contributed by atoms with E-state index in [-0.39, 0.29) is 22.8 Å². The van der Waals surface area contributed by atoms with Crippen molar-refractivity contribution in [3.8, 4) is 17.6 Å². The van der Waals surface area contributed by atoms with Crippen molar-refractivity contribution in [1.82, 2.24) is 0 Å². The van der Waals surface area contributed by atoms with Gasteiger partial charge in [-0.1, -0.05) is 0 Å². The van der Waals surface area contributed by atoms with Crippen LogP contribution in [-0.2, 0) is 0 Å². The molecular weight excluding hydrogens is 194 g/mol. The Morgan fingerprint density at radius 1 is 1.60 bits per heavy atom. The van der Waals surface area contributed by atoms with Crippen LogP contribution in [0.4, 0.5) is 0 Å². The number of ether oxygens (including phenoxy) is 1. The number of hydrogen-bond donors (Lipinski definition) is 1. The summed E-state index contributed by atoms with van der Waals surface area (Å²) in [5.41, 5.74) is 0.402. The molecule has 1 aromatic carbocycles. The highest BCUT2D eigenvalue weighted by Crippen LogP contribution is 2.31. The number of Topliss-reactive ketones (excluding diaryl/α,β-unsaturated/α-hetero) is 1. The van der Waals surface area contributed by atoms with E-state index in [1.165, 1.54) is 19.1 Å². The van der Waals surface area contributed by atoms with Gasteiger partial charge in [0.2, 0.25) is 0 Å². The highest BCUT2D eigenvalue weighted by atomic mass is 16.5. The minimum Gasteiger partial charge on any atom is -0.504 e. The van der Waals surface area contributed by atoms with Crippen molar-refractivity contribution in [2.24, 2.45) is 0 Å². The lowest BCUT2D eigenvalue weighted by molar-refractivity contribution is 0.101. The summed E-state index contributed by atoms with van der Waals surface area (Å²) in [6.45, 7) is 3.44. The zero-order valence-electron chi connectivity index (χ0n) is 8.57. The summed E-state index contributed by atoms with van der Waals surface area (Å²) in [7, 11) is 0. The normalized spacial score (nSPS) is 9.40. The van der Waals surface area contributed by atoms with Crippen LogP contribution < -0.4 is 4.74 Å². The minimum atomic E-state index is -0.300. The van der Waals surface area contributed by atoms with E-state index in [4.69, 9.17) is 10.00 Å². The lowest BCUT2D eigenvalue weighted by atomic mass is 10.1. The summed E-state index contributed by atoms with van der Waals surface area (Å²) >= 11 is 0. The number of ketones is 1. The fourth-order valence-corrected chi connectivity index (χ4v) is 1.21. The number of phenols is 1. The molecule has 0 unspecified atom stereocenters. The van der Waals surface area contributed by atoms with Gasteiger partial charge in [-0.15, -0.1) is 0 Å². The molecule has 0 atom stereocenters. The molecule has 0 saturated heterocycles. The largest absolute Gasteiger partial charge is 0.504 e. The molecule has 0 aliphatic rings. The summed E-state index contributed by atoms with van der Waals surface area (Å²) in [6, 6.07) is 4.66. The lowest BCUT2D eigenvalue weighted by Crippen LogP contribution is -1.99. The second kappa shape index (κ2) is 4.47. The quantitative estimate of drug-likeness (QED) is 0.764. The van der Waals surface area contributed by atoms with Gasteiger partial charge in [-0.3, -0.25) is 4.79 Å². The molecule has 0 radical (unpaired) electrons. The summed E-state index contributed by atoms with van der Waals surface area (Å²) in [5.74, 6) is -0.337. The third-order valence-corrected chi connectivity index (χ3v) is 1.88. The number of carbonyl (C=O) groups excluding carboxylic acids is 1. The van der Waals surface area contributed by atoms with Crippen molar-refractivity contribution in [3.63, 3.8) is 0 Å². The zero-order chi connectivity index (χ0) is 11.4. The first-order chi connectivity index (χ1) is 7.10. The first kappa shape index (κ1) is 11.1. The topological polar surface area (TPSA) is 70.3 Å². The van der Waals surface area contributed by atoms with Crippen LogP contribution in [-0.4, -0.2) is 17.5 Å². The number of carbonyl (C=O) groups is 1. The fraction of sp³-hybridized carbons (Fsp3) is 0.273. The standard InChI is InChI=1S/C11H11NO3/c1-3-15-10-5-8(6-12)4-9(7(2)13)11(10)14/h4-5,14H,3H2,1-2H3. The Hall–Kier alpha value is -2.02. The second-order valence-corrected chi connectivity index (χ2v) is 2.97. The Bertz CT molecular complexity index is 432. The van der Waals surface area contributed by atoms with Crippen LogP contribution in [0.3, 0.4) is 0 Å². The number of rotatable bonds is 3. The average Bonchev–Trinajstić information content (AvgIpc) is 2.21. The Morgan fingerprint density at radius 3 is 2.73 bits per heavy atom. The molecule has 0 aromatic heterocycles. The molecule has 1 N–H and O–H groups in total. The zero-order valence-corrected chi connectivity index (χ0v) is 8.57. The summed E-state index contributed by atoms with van der Waals surface area (Å²) < 4.78 is 5.12. The molecule has 0 saturated carbocycles. The van der Waals surface area contributed by atoms with Gasteiger partial charge >= 0.3 is 0 Å². The van der Waals surface area contributed by atoms with E-state index in [0.29, 0.717) is 12.2 Å². The van der Waals surface area contributed by atoms with Crippen molar-refractivity contribution < 1.29 is 14.6 Å². The maximum Gasteiger partial charge on any atom is 0.168 e. The third-order valence-electron chi connectivity index (χ3n) is 1.88. The van der Waals surface area contributed by atoms with Gasteiger partial charge in [-0.25, -0.2) is 0 Å². The minimum absolute atomic E-state index is 0.109. The predicted octanol–water partition coefficient (Wildman–Crippen LogP) is 1.87. The fourth-order valence-electron chi connectivity index (χ4n) is 1.21. The SMILES string of the molecule is CCOc1cc(C#N)cc(C(C)=O)c1O. The Kier molecular flexibility index (Phi) is 3.29. The van der Waals surface area contributed by atoms with Gasteiger partial charge < -0.3 is 9.84 Å². The van der Waals surface area contributed by atoms with E-state index in [1.807, 2.05) is 6.07 Å². The molecule has 0 heterocycles. The average molecular weight is 205 g/mol. The van der Waals surface area contributed by atoms with Gasteiger partial charge in [-0.05, 0) is 19.9 Å². The van der Waals surface area contributed by atoms with Crippen molar-refractivity contribution in [2.75, 3.05) is 6.61 Å². The molecule has 0 bridgehead atoms. The van der Waals surface area contributed by atoms with Gasteiger partial charge in [0.15, 0.2) is 17.3 Å². The van der Waals surface area contributed by atoms with Gasteiger partial charge in [0.05, 0.1) is 23.8 Å². The van der Waals surface area contributed by atoms with Crippen molar-refractivity contribution in [1.29, 1.82) is 5.26 Å². The van der Waals surface area contributed by atoms with E-state index in [2.05, 4.69) is 0 Å². The van der Waals surface area contributed by atoms with E-state index in [0.717, 1.165) is 0 Å². The smallest absolute Gasteiger partial charge is 0.168 e. The molecule has 78 valence electrons. The number of nitriles is 1. The molecule has 4 nitrogen and oxygen atoms in total. The summed E-state index contributed by atoms with van der Waals surface area (Å²) in [4.78, 5) is 11.2. The monoisotopic (exact) mass is 205 g/mol. The van der Waals surface area contributed by atoms with Crippen LogP contribution in [0.5, 0.6) is 11.5 Å². The molecule has 0 spiro atoms. The molecule has 0 fully saturated rings. The maximum absolute atomic E-state index is 11.2. The highest BCUT2D eigenvalue weighted by Gasteiger charge is 2.14. The van der Waals surface area contributed by atoms with E-state index in [9.17, 15) is 9.90 Å². The summed E-state index contributed by atoms with van der Waals surface area (Å²) in [5, 5.41) is 18.4. The molecule has 1 rings (SSSR count). The number of aromatic hydroxyl groups is 1. The predicted molar refractivity (Wildman–Crippen MR) is 54.0 cm³/mol. The summed E-state index contributed by atoms with van der Waals surface area (Å²) in [6.07, 6.45) is 0. The molecule has 0 aliphatic carbocycles. The number of hydrogen-bond acceptors (Lipinski definition) is 4. The van der Waals surface area contributed by atoms with Crippen LogP contribution in [0.15, 0.2) is 12.1 Å². The van der Waals surface area contributed by atoms with E-state index < -0.39 is 0 Å². The van der Waals surface area contributed by atoms with Crippen LogP contribution in [0.1, 0.15) is 29.8 Å². The molecule has 1 aromatic rings. The number of nitrogens with zero attached hydrogens (tertiary/aromatic N) is 1. The van der Waals surface area contributed by atoms with Crippen LogP contribution >= 0.6 is 0 Å². The van der Waals surface area contributed by atoms with Crippen LogP contribution in [0.2, 0.25) is 0 Å². The first-order valence-corrected chi connectivity index (χ1v) is 4.51. The van der Waals surface area contributed by atoms with Gasteiger partial charge in [0.1, 0.15) is 0 Å². The highest BCUT2D eigenvalue weighted by molar-refractivity contribution is 5.98. The van der Waals surface area contributed by atoms with Crippen molar-refractivity contribution in [2.45, 2.75) is 13.8 Å². The maximum atomic E-state index is 11.2. The van der Waals surface area contributed by atoms with Gasteiger partial charge in [0, 0.05) is 6.07 Å². The van der Waals surface area contributed by atoms with Crippen molar-refractivity contribution in [3.05, 3.63) is 23.3 Å².